The molecule has 0 saturated heterocycles. The minimum atomic E-state index is -3.46. The zero-order chi connectivity index (χ0) is 17.3. The van der Waals surface area contributed by atoms with Crippen LogP contribution in [0.3, 0.4) is 0 Å². The van der Waals surface area contributed by atoms with Crippen molar-refractivity contribution in [2.45, 2.75) is 44.0 Å². The Balaban J connectivity index is 1.70. The van der Waals surface area contributed by atoms with Crippen molar-refractivity contribution in [1.82, 2.24) is 4.72 Å². The van der Waals surface area contributed by atoms with Gasteiger partial charge in [0.05, 0.1) is 9.77 Å². The van der Waals surface area contributed by atoms with Gasteiger partial charge in [-0.3, -0.25) is 4.79 Å². The van der Waals surface area contributed by atoms with Gasteiger partial charge < -0.3 is 5.32 Å². The third kappa shape index (κ3) is 3.85. The Kier molecular flexibility index (Phi) is 4.76. The van der Waals surface area contributed by atoms with Crippen molar-refractivity contribution >= 4 is 33.0 Å². The molecule has 0 bridgehead atoms. The van der Waals surface area contributed by atoms with Crippen molar-refractivity contribution < 1.29 is 13.2 Å². The summed E-state index contributed by atoms with van der Waals surface area (Å²) < 4.78 is 26.9. The topological polar surface area (TPSA) is 75.3 Å². The number of sulfonamides is 1. The first-order chi connectivity index (χ1) is 11.4. The molecule has 2 aromatic rings. The van der Waals surface area contributed by atoms with E-state index in [2.05, 4.69) is 17.0 Å². The molecule has 1 aliphatic rings. The van der Waals surface area contributed by atoms with Crippen molar-refractivity contribution in [2.24, 2.45) is 0 Å². The molecule has 1 fully saturated rings. The summed E-state index contributed by atoms with van der Waals surface area (Å²) in [6.45, 7) is 4.07. The van der Waals surface area contributed by atoms with E-state index in [9.17, 15) is 13.2 Å². The lowest BCUT2D eigenvalue weighted by Crippen LogP contribution is -2.25. The number of hydrogen-bond acceptors (Lipinski definition) is 4. The smallest absolute Gasteiger partial charge is 0.265 e. The second-order valence-corrected chi connectivity index (χ2v) is 8.89. The number of thiophene rings is 1. The van der Waals surface area contributed by atoms with E-state index in [0.29, 0.717) is 10.6 Å². The predicted octanol–water partition coefficient (Wildman–Crippen LogP) is 3.31. The van der Waals surface area contributed by atoms with Crippen LogP contribution in [0.25, 0.3) is 0 Å². The van der Waals surface area contributed by atoms with Crippen molar-refractivity contribution in [1.29, 1.82) is 0 Å². The Bertz CT molecular complexity index is 850. The van der Waals surface area contributed by atoms with Crippen LogP contribution < -0.4 is 10.0 Å². The van der Waals surface area contributed by atoms with Crippen molar-refractivity contribution in [3.63, 3.8) is 0 Å². The molecule has 2 N–H and O–H groups in total. The van der Waals surface area contributed by atoms with Crippen molar-refractivity contribution in [2.75, 3.05) is 5.32 Å². The number of carbonyl (C=O) groups is 1. The first kappa shape index (κ1) is 17.1. The van der Waals surface area contributed by atoms with Crippen LogP contribution in [0.2, 0.25) is 0 Å². The van der Waals surface area contributed by atoms with Crippen molar-refractivity contribution in [3.8, 4) is 0 Å². The number of amides is 1. The molecule has 0 radical (unpaired) electrons. The maximum absolute atomic E-state index is 12.3. The Hall–Kier alpha value is -1.70. The van der Waals surface area contributed by atoms with Gasteiger partial charge in [0.2, 0.25) is 10.0 Å². The number of benzene rings is 1. The van der Waals surface area contributed by atoms with E-state index in [1.54, 1.807) is 12.1 Å². The number of anilines is 1. The maximum atomic E-state index is 12.3. The van der Waals surface area contributed by atoms with Crippen LogP contribution in [0, 0.1) is 6.92 Å². The van der Waals surface area contributed by atoms with E-state index in [1.165, 1.54) is 29.0 Å². The molecule has 1 aromatic heterocycles. The second kappa shape index (κ2) is 6.66. The third-order valence-electron chi connectivity index (χ3n) is 3.95. The summed E-state index contributed by atoms with van der Waals surface area (Å²) >= 11 is 1.47. The van der Waals surface area contributed by atoms with Gasteiger partial charge in [-0.2, -0.15) is 0 Å². The number of rotatable bonds is 6. The van der Waals surface area contributed by atoms with Crippen LogP contribution in [0.15, 0.2) is 35.2 Å². The quantitative estimate of drug-likeness (QED) is 0.826. The molecule has 0 atom stereocenters. The maximum Gasteiger partial charge on any atom is 0.265 e. The standard InChI is InChI=1S/C17H20N2O3S2/c1-3-12-10-16(23-11(12)2)17(20)18-13-6-8-15(9-7-13)24(21,22)19-14-4-5-14/h6-10,14,19H,3-5H2,1-2H3,(H,18,20). The molecule has 1 aliphatic carbocycles. The zero-order valence-corrected chi connectivity index (χ0v) is 15.3. The fourth-order valence-electron chi connectivity index (χ4n) is 2.38. The van der Waals surface area contributed by atoms with Gasteiger partial charge in [-0.25, -0.2) is 13.1 Å². The van der Waals surface area contributed by atoms with Crippen LogP contribution in [0.5, 0.6) is 0 Å². The average molecular weight is 364 g/mol. The fourth-order valence-corrected chi connectivity index (χ4v) is 4.70. The summed E-state index contributed by atoms with van der Waals surface area (Å²) in [6, 6.07) is 8.23. The Morgan fingerprint density at radius 1 is 1.25 bits per heavy atom. The van der Waals surface area contributed by atoms with Gasteiger partial charge >= 0.3 is 0 Å². The van der Waals surface area contributed by atoms with E-state index in [-0.39, 0.29) is 16.8 Å². The van der Waals surface area contributed by atoms with Gasteiger partial charge in [0.25, 0.3) is 5.91 Å². The highest BCUT2D eigenvalue weighted by molar-refractivity contribution is 7.89. The SMILES string of the molecule is CCc1cc(C(=O)Nc2ccc(S(=O)(=O)NC3CC3)cc2)sc1C. The largest absolute Gasteiger partial charge is 0.321 e. The monoisotopic (exact) mass is 364 g/mol. The molecule has 24 heavy (non-hydrogen) atoms. The van der Waals surface area contributed by atoms with Crippen LogP contribution in [0.4, 0.5) is 5.69 Å². The van der Waals surface area contributed by atoms with Crippen LogP contribution in [-0.4, -0.2) is 20.4 Å². The summed E-state index contributed by atoms with van der Waals surface area (Å²) in [7, 11) is -3.46. The Labute approximate surface area is 146 Å². The molecule has 7 heteroatoms. The van der Waals surface area contributed by atoms with E-state index in [4.69, 9.17) is 0 Å². The first-order valence-corrected chi connectivity index (χ1v) is 10.2. The minimum Gasteiger partial charge on any atom is -0.321 e. The molecule has 5 nitrogen and oxygen atoms in total. The second-order valence-electron chi connectivity index (χ2n) is 5.92. The van der Waals surface area contributed by atoms with Gasteiger partial charge in [0, 0.05) is 16.6 Å². The number of hydrogen-bond donors (Lipinski definition) is 2. The lowest BCUT2D eigenvalue weighted by molar-refractivity contribution is 0.103. The van der Waals surface area contributed by atoms with Gasteiger partial charge in [0.15, 0.2) is 0 Å². The highest BCUT2D eigenvalue weighted by atomic mass is 32.2. The molecule has 128 valence electrons. The molecular weight excluding hydrogens is 344 g/mol. The third-order valence-corrected chi connectivity index (χ3v) is 6.57. The zero-order valence-electron chi connectivity index (χ0n) is 13.6. The van der Waals surface area contributed by atoms with Crippen molar-refractivity contribution in [3.05, 3.63) is 45.6 Å². The molecule has 0 aliphatic heterocycles. The molecular formula is C17H20N2O3S2. The van der Waals surface area contributed by atoms with Gasteiger partial charge in [-0.15, -0.1) is 11.3 Å². The lowest BCUT2D eigenvalue weighted by Gasteiger charge is -2.07. The molecule has 1 aromatic carbocycles. The van der Waals surface area contributed by atoms with Crippen LogP contribution in [-0.2, 0) is 16.4 Å². The lowest BCUT2D eigenvalue weighted by atomic mass is 10.2. The molecule has 3 rings (SSSR count). The summed E-state index contributed by atoms with van der Waals surface area (Å²) in [5.41, 5.74) is 1.76. The predicted molar refractivity (Wildman–Crippen MR) is 96.2 cm³/mol. The average Bonchev–Trinajstić information content (AvgIpc) is 3.26. The number of nitrogens with one attached hydrogen (secondary N) is 2. The summed E-state index contributed by atoms with van der Waals surface area (Å²) in [5.74, 6) is -0.172. The number of aryl methyl sites for hydroxylation is 2. The van der Waals surface area contributed by atoms with Gasteiger partial charge in [-0.05, 0) is 62.1 Å². The fraction of sp³-hybridized carbons (Fsp3) is 0.353. The minimum absolute atomic E-state index is 0.0733. The highest BCUT2D eigenvalue weighted by Crippen LogP contribution is 2.24. The van der Waals surface area contributed by atoms with E-state index in [0.717, 1.165) is 24.1 Å². The summed E-state index contributed by atoms with van der Waals surface area (Å²) in [4.78, 5) is 14.3. The molecule has 0 spiro atoms. The molecule has 1 saturated carbocycles. The Morgan fingerprint density at radius 2 is 1.92 bits per heavy atom. The van der Waals surface area contributed by atoms with E-state index >= 15 is 0 Å². The van der Waals surface area contributed by atoms with Crippen LogP contribution >= 0.6 is 11.3 Å². The Morgan fingerprint density at radius 3 is 2.46 bits per heavy atom. The van der Waals surface area contributed by atoms with Crippen LogP contribution in [0.1, 0.15) is 39.9 Å². The van der Waals surface area contributed by atoms with Gasteiger partial charge in [0.1, 0.15) is 0 Å². The molecule has 1 heterocycles. The molecule has 1 amide bonds. The van der Waals surface area contributed by atoms with E-state index < -0.39 is 10.0 Å². The normalized spacial score (nSPS) is 14.6. The summed E-state index contributed by atoms with van der Waals surface area (Å²) in [5, 5.41) is 2.81. The first-order valence-electron chi connectivity index (χ1n) is 7.92. The number of carbonyl (C=O) groups excluding carboxylic acids is 1. The highest BCUT2D eigenvalue weighted by Gasteiger charge is 2.27. The summed E-state index contributed by atoms with van der Waals surface area (Å²) in [6.07, 6.45) is 2.69. The van der Waals surface area contributed by atoms with E-state index in [1.807, 2.05) is 13.0 Å². The molecule has 0 unspecified atom stereocenters. The van der Waals surface area contributed by atoms with Gasteiger partial charge in [-0.1, -0.05) is 6.92 Å².